The molecule has 0 amide bonds. The molecule has 10 heteroatoms. The molecule has 0 atom stereocenters. The molecule has 0 aliphatic heterocycles. The molecule has 214 valence electrons. The number of benzene rings is 4. The van der Waals surface area contributed by atoms with Gasteiger partial charge in [-0.1, -0.05) is 48.6 Å². The van der Waals surface area contributed by atoms with Gasteiger partial charge in [0.1, 0.15) is 28.8 Å². The smallest absolute Gasteiger partial charge is 0.432 e. The third kappa shape index (κ3) is 6.70. The Morgan fingerprint density at radius 2 is 1.29 bits per heavy atom. The van der Waals surface area contributed by atoms with Crippen molar-refractivity contribution in [2.75, 3.05) is 6.86 Å². The molecule has 0 fully saturated rings. The van der Waals surface area contributed by atoms with Gasteiger partial charge in [-0.3, -0.25) is 0 Å². The lowest BCUT2D eigenvalue weighted by molar-refractivity contribution is -0.189. The number of aryl methyl sites for hydroxylation is 1. The highest BCUT2D eigenvalue weighted by atomic mass is 19.3. The summed E-state index contributed by atoms with van der Waals surface area (Å²) in [6.07, 6.45) is 0.980. The van der Waals surface area contributed by atoms with Crippen molar-refractivity contribution in [1.29, 1.82) is 0 Å². The van der Waals surface area contributed by atoms with Gasteiger partial charge in [-0.15, -0.1) is 0 Å². The highest BCUT2D eigenvalue weighted by Crippen LogP contribution is 2.39. The van der Waals surface area contributed by atoms with Crippen LogP contribution in [-0.2, 0) is 12.5 Å². The minimum atomic E-state index is -4.74. The number of ether oxygens (including phenoxy) is 2. The first-order chi connectivity index (χ1) is 19.5. The summed E-state index contributed by atoms with van der Waals surface area (Å²) in [6, 6.07) is 12.8. The summed E-state index contributed by atoms with van der Waals surface area (Å²) in [5, 5.41) is 0. The van der Waals surface area contributed by atoms with Crippen molar-refractivity contribution in [1.82, 2.24) is 0 Å². The van der Waals surface area contributed by atoms with Gasteiger partial charge in [-0.2, -0.15) is 8.78 Å². The van der Waals surface area contributed by atoms with E-state index in [2.05, 4.69) is 9.47 Å². The van der Waals surface area contributed by atoms with Crippen LogP contribution in [0.2, 0.25) is 0 Å². The molecule has 0 heterocycles. The van der Waals surface area contributed by atoms with E-state index in [1.54, 1.807) is 0 Å². The van der Waals surface area contributed by atoms with E-state index < -0.39 is 59.1 Å². The zero-order chi connectivity index (χ0) is 29.7. The maximum atomic E-state index is 15.0. The van der Waals surface area contributed by atoms with E-state index in [0.29, 0.717) is 23.3 Å². The summed E-state index contributed by atoms with van der Waals surface area (Å²) in [4.78, 5) is 0. The largest absolute Gasteiger partial charge is 0.457 e. The van der Waals surface area contributed by atoms with Crippen LogP contribution in [0.3, 0.4) is 0 Å². The van der Waals surface area contributed by atoms with Crippen LogP contribution in [0.5, 0.6) is 11.5 Å². The SMILES string of the molecule is C/C=C/CCc1ccc(-c2ccc(-c3cc(F)c(C(F)(F)Oc4cc(F)c(OCF)c(F)c4)c(F)c3)c(F)c2)cc1. The number of hydrogen-bond donors (Lipinski definition) is 0. The topological polar surface area (TPSA) is 18.5 Å². The molecule has 2 nitrogen and oxygen atoms in total. The molecular formula is C31H22F8O2. The molecule has 0 saturated heterocycles. The Balaban J connectivity index is 1.58. The molecule has 4 aromatic rings. The van der Waals surface area contributed by atoms with Crippen LogP contribution in [0, 0.1) is 29.1 Å². The Bertz CT molecular complexity index is 1520. The molecule has 0 aliphatic carbocycles. The van der Waals surface area contributed by atoms with Gasteiger partial charge in [0.05, 0.1) is 0 Å². The summed E-state index contributed by atoms with van der Waals surface area (Å²) < 4.78 is 122. The molecule has 4 rings (SSSR count). The van der Waals surface area contributed by atoms with Crippen LogP contribution in [0.25, 0.3) is 22.3 Å². The van der Waals surface area contributed by atoms with E-state index in [1.807, 2.05) is 43.3 Å². The van der Waals surface area contributed by atoms with Gasteiger partial charge in [-0.25, -0.2) is 26.3 Å². The Morgan fingerprint density at radius 1 is 0.707 bits per heavy atom. The first-order valence-electron chi connectivity index (χ1n) is 12.3. The Morgan fingerprint density at radius 3 is 1.85 bits per heavy atom. The van der Waals surface area contributed by atoms with E-state index in [-0.39, 0.29) is 23.3 Å². The predicted octanol–water partition coefficient (Wildman–Crippen LogP) is 9.66. The summed E-state index contributed by atoms with van der Waals surface area (Å²) >= 11 is 0. The lowest BCUT2D eigenvalue weighted by Gasteiger charge is -2.20. The minimum absolute atomic E-state index is 0.237. The highest BCUT2D eigenvalue weighted by molar-refractivity contribution is 5.71. The molecule has 0 radical (unpaired) electrons. The summed E-state index contributed by atoms with van der Waals surface area (Å²) in [6.45, 7) is 0.339. The van der Waals surface area contributed by atoms with Gasteiger partial charge in [0.15, 0.2) is 17.4 Å². The summed E-state index contributed by atoms with van der Waals surface area (Å²) in [5.41, 5.74) is -0.199. The number of rotatable bonds is 10. The first-order valence-corrected chi connectivity index (χ1v) is 12.3. The maximum absolute atomic E-state index is 15.0. The molecule has 0 aliphatic rings. The monoisotopic (exact) mass is 578 g/mol. The molecular weight excluding hydrogens is 556 g/mol. The van der Waals surface area contributed by atoms with Crippen molar-refractivity contribution in [3.8, 4) is 33.8 Å². The third-order valence-corrected chi connectivity index (χ3v) is 6.15. The van der Waals surface area contributed by atoms with Gasteiger partial charge in [0, 0.05) is 17.7 Å². The Labute approximate surface area is 230 Å². The quantitative estimate of drug-likeness (QED) is 0.138. The van der Waals surface area contributed by atoms with Gasteiger partial charge >= 0.3 is 6.11 Å². The van der Waals surface area contributed by atoms with Crippen LogP contribution in [-0.4, -0.2) is 6.86 Å². The molecule has 41 heavy (non-hydrogen) atoms. The number of hydrogen-bond acceptors (Lipinski definition) is 2. The fourth-order valence-corrected chi connectivity index (χ4v) is 4.20. The standard InChI is InChI=1S/C31H22F8O2/c1-2-3-4-5-18-6-8-19(9-7-18)20-10-11-23(24(33)12-20)21-13-25(34)29(26(35)14-21)31(38,39)41-22-15-27(36)30(40-17-32)28(37)16-22/h2-3,6-16H,4-5,17H2,1H3/b3-2+. The predicted molar refractivity (Wildman–Crippen MR) is 138 cm³/mol. The normalized spacial score (nSPS) is 11.7. The zero-order valence-electron chi connectivity index (χ0n) is 21.5. The first kappa shape index (κ1) is 29.6. The van der Waals surface area contributed by atoms with Crippen LogP contribution in [0.15, 0.2) is 78.9 Å². The molecule has 0 spiro atoms. The second-order valence-corrected chi connectivity index (χ2v) is 8.90. The average Bonchev–Trinajstić information content (AvgIpc) is 2.90. The van der Waals surface area contributed by atoms with Crippen molar-refractivity contribution >= 4 is 0 Å². The van der Waals surface area contributed by atoms with E-state index in [9.17, 15) is 30.7 Å². The van der Waals surface area contributed by atoms with Crippen LogP contribution >= 0.6 is 0 Å². The molecule has 0 saturated carbocycles. The van der Waals surface area contributed by atoms with Crippen molar-refractivity contribution in [2.24, 2.45) is 0 Å². The van der Waals surface area contributed by atoms with E-state index in [4.69, 9.17) is 0 Å². The zero-order valence-corrected chi connectivity index (χ0v) is 21.5. The molecule has 0 aromatic heterocycles. The van der Waals surface area contributed by atoms with Crippen molar-refractivity contribution in [3.05, 3.63) is 119 Å². The molecule has 4 aromatic carbocycles. The number of halogens is 8. The lowest BCUT2D eigenvalue weighted by atomic mass is 9.97. The van der Waals surface area contributed by atoms with Crippen molar-refractivity contribution in [3.63, 3.8) is 0 Å². The second kappa shape index (κ2) is 12.4. The van der Waals surface area contributed by atoms with Crippen molar-refractivity contribution < 1.29 is 44.6 Å². The van der Waals surface area contributed by atoms with Gasteiger partial charge < -0.3 is 9.47 Å². The Hall–Kier alpha value is -4.34. The highest BCUT2D eigenvalue weighted by Gasteiger charge is 2.41. The fraction of sp³-hybridized carbons (Fsp3) is 0.161. The minimum Gasteiger partial charge on any atom is -0.457 e. The molecule has 0 unspecified atom stereocenters. The van der Waals surface area contributed by atoms with Crippen LogP contribution in [0.4, 0.5) is 35.1 Å². The van der Waals surface area contributed by atoms with Gasteiger partial charge in [0.2, 0.25) is 6.86 Å². The van der Waals surface area contributed by atoms with E-state index >= 15 is 4.39 Å². The Kier molecular flexibility index (Phi) is 9.00. The second-order valence-electron chi connectivity index (χ2n) is 8.90. The molecule has 0 bridgehead atoms. The van der Waals surface area contributed by atoms with Gasteiger partial charge in [0.25, 0.3) is 0 Å². The number of alkyl halides is 3. The molecule has 0 N–H and O–H groups in total. The van der Waals surface area contributed by atoms with E-state index in [1.165, 1.54) is 12.1 Å². The van der Waals surface area contributed by atoms with E-state index in [0.717, 1.165) is 24.5 Å². The number of allylic oxidation sites excluding steroid dienone is 2. The lowest BCUT2D eigenvalue weighted by Crippen LogP contribution is -2.25. The van der Waals surface area contributed by atoms with Crippen LogP contribution in [0.1, 0.15) is 24.5 Å². The van der Waals surface area contributed by atoms with Crippen LogP contribution < -0.4 is 9.47 Å². The van der Waals surface area contributed by atoms with Crippen molar-refractivity contribution in [2.45, 2.75) is 25.9 Å². The third-order valence-electron chi connectivity index (χ3n) is 6.15. The fourth-order valence-electron chi connectivity index (χ4n) is 4.20. The summed E-state index contributed by atoms with van der Waals surface area (Å²) in [7, 11) is 0. The average molecular weight is 578 g/mol. The van der Waals surface area contributed by atoms with Gasteiger partial charge in [-0.05, 0) is 60.2 Å². The summed E-state index contributed by atoms with van der Waals surface area (Å²) in [5.74, 6) is -9.93. The maximum Gasteiger partial charge on any atom is 0.432 e.